The van der Waals surface area contributed by atoms with Gasteiger partial charge < -0.3 is 10.2 Å². The van der Waals surface area contributed by atoms with E-state index in [1.165, 1.54) is 12.1 Å². The van der Waals surface area contributed by atoms with Crippen LogP contribution in [0, 0.1) is 0 Å². The van der Waals surface area contributed by atoms with Crippen molar-refractivity contribution in [2.45, 2.75) is 0 Å². The smallest absolute Gasteiger partial charge is 0.134 e. The molecule has 0 amide bonds. The van der Waals surface area contributed by atoms with E-state index >= 15 is 0 Å². The first-order chi connectivity index (χ1) is 7.58. The number of aromatic hydroxyl groups is 2. The Hall–Kier alpha value is -1.38. The molecule has 0 heterocycles. The van der Waals surface area contributed by atoms with E-state index < -0.39 is 0 Å². The molecule has 0 aliphatic rings. The summed E-state index contributed by atoms with van der Waals surface area (Å²) in [4.78, 5) is 0. The van der Waals surface area contributed by atoms with Crippen LogP contribution in [0.5, 0.6) is 11.5 Å². The molecule has 2 nitrogen and oxygen atoms in total. The van der Waals surface area contributed by atoms with Gasteiger partial charge in [0.05, 0.1) is 5.02 Å². The predicted octanol–water partition coefficient (Wildman–Crippen LogP) is 4.07. The fraction of sp³-hybridized carbons (Fsp3) is 0. The zero-order valence-electron chi connectivity index (χ0n) is 8.11. The van der Waals surface area contributed by atoms with Gasteiger partial charge in [-0.25, -0.2) is 0 Å². The summed E-state index contributed by atoms with van der Waals surface area (Å²) in [5.41, 5.74) is 1.41. The van der Waals surface area contributed by atoms with E-state index in [-0.39, 0.29) is 16.5 Å². The Morgan fingerprint density at radius 2 is 1.56 bits per heavy atom. The van der Waals surface area contributed by atoms with Crippen LogP contribution in [-0.4, -0.2) is 10.2 Å². The molecule has 82 valence electrons. The highest BCUT2D eigenvalue weighted by Gasteiger charge is 2.07. The summed E-state index contributed by atoms with van der Waals surface area (Å²) in [5.74, 6) is 0.144. The molecule has 2 rings (SSSR count). The third-order valence-electron chi connectivity index (χ3n) is 2.21. The second kappa shape index (κ2) is 4.24. The molecule has 0 aliphatic heterocycles. The van der Waals surface area contributed by atoms with Gasteiger partial charge in [0.15, 0.2) is 0 Å². The number of hydrogen-bond acceptors (Lipinski definition) is 2. The summed E-state index contributed by atoms with van der Waals surface area (Å²) in [6.45, 7) is 0. The van der Waals surface area contributed by atoms with Gasteiger partial charge in [0, 0.05) is 10.6 Å². The first-order valence-electron chi connectivity index (χ1n) is 4.55. The second-order valence-corrected chi connectivity index (χ2v) is 4.14. The van der Waals surface area contributed by atoms with Crippen molar-refractivity contribution >= 4 is 23.2 Å². The molecular formula is C12H8Cl2O2. The largest absolute Gasteiger partial charge is 0.508 e. The van der Waals surface area contributed by atoms with Gasteiger partial charge in [-0.1, -0.05) is 29.3 Å². The zero-order valence-corrected chi connectivity index (χ0v) is 9.63. The zero-order chi connectivity index (χ0) is 11.7. The van der Waals surface area contributed by atoms with E-state index in [0.29, 0.717) is 10.6 Å². The van der Waals surface area contributed by atoms with Gasteiger partial charge in [-0.2, -0.15) is 0 Å². The van der Waals surface area contributed by atoms with E-state index in [4.69, 9.17) is 23.2 Å². The Balaban J connectivity index is 2.58. The van der Waals surface area contributed by atoms with E-state index in [1.54, 1.807) is 24.3 Å². The number of phenolic OH excluding ortho intramolecular Hbond substituents is 2. The lowest BCUT2D eigenvalue weighted by atomic mass is 10.1. The highest BCUT2D eigenvalue weighted by Crippen LogP contribution is 2.34. The van der Waals surface area contributed by atoms with Crippen LogP contribution >= 0.6 is 23.2 Å². The number of benzene rings is 2. The Labute approximate surface area is 103 Å². The van der Waals surface area contributed by atoms with Gasteiger partial charge in [-0.05, 0) is 35.9 Å². The lowest BCUT2D eigenvalue weighted by molar-refractivity contribution is 0.475. The molecular weight excluding hydrogens is 247 g/mol. The molecule has 0 atom stereocenters. The van der Waals surface area contributed by atoms with Crippen molar-refractivity contribution in [2.24, 2.45) is 0 Å². The average molecular weight is 255 g/mol. The van der Waals surface area contributed by atoms with Gasteiger partial charge in [-0.15, -0.1) is 0 Å². The molecule has 0 aromatic heterocycles. The van der Waals surface area contributed by atoms with Crippen LogP contribution in [0.3, 0.4) is 0 Å². The summed E-state index contributed by atoms with van der Waals surface area (Å²) in [6.07, 6.45) is 0. The van der Waals surface area contributed by atoms with Gasteiger partial charge in [0.25, 0.3) is 0 Å². The average Bonchev–Trinajstić information content (AvgIpc) is 2.26. The van der Waals surface area contributed by atoms with Crippen LogP contribution in [0.25, 0.3) is 11.1 Å². The SMILES string of the molecule is Oc1ccc(Cl)c(-c2ccc(O)c(Cl)c2)c1. The lowest BCUT2D eigenvalue weighted by Crippen LogP contribution is -1.80. The van der Waals surface area contributed by atoms with Crippen molar-refractivity contribution in [3.05, 3.63) is 46.4 Å². The summed E-state index contributed by atoms with van der Waals surface area (Å²) >= 11 is 11.8. The molecule has 4 heteroatoms. The molecule has 0 aliphatic carbocycles. The third kappa shape index (κ3) is 2.08. The predicted molar refractivity (Wildman–Crippen MR) is 65.2 cm³/mol. The van der Waals surface area contributed by atoms with Crippen molar-refractivity contribution in [1.29, 1.82) is 0 Å². The molecule has 0 spiro atoms. The molecule has 0 radical (unpaired) electrons. The van der Waals surface area contributed by atoms with Crippen LogP contribution in [0.4, 0.5) is 0 Å². The standard InChI is InChI=1S/C12H8Cl2O2/c13-10-3-2-8(15)6-9(10)7-1-4-12(16)11(14)5-7/h1-6,15-16H. The van der Waals surface area contributed by atoms with Crippen LogP contribution in [0.2, 0.25) is 10.0 Å². The van der Waals surface area contributed by atoms with Gasteiger partial charge in [-0.3, -0.25) is 0 Å². The molecule has 2 aromatic carbocycles. The molecule has 0 fully saturated rings. The van der Waals surface area contributed by atoms with E-state index in [0.717, 1.165) is 5.56 Å². The first-order valence-corrected chi connectivity index (χ1v) is 5.31. The fourth-order valence-electron chi connectivity index (χ4n) is 1.41. The maximum atomic E-state index is 9.38. The Morgan fingerprint density at radius 1 is 0.812 bits per heavy atom. The minimum absolute atomic E-state index is 0.0155. The van der Waals surface area contributed by atoms with Crippen molar-refractivity contribution < 1.29 is 10.2 Å². The number of hydrogen-bond donors (Lipinski definition) is 2. The Kier molecular flexibility index (Phi) is 2.95. The van der Waals surface area contributed by atoms with Crippen molar-refractivity contribution in [3.63, 3.8) is 0 Å². The topological polar surface area (TPSA) is 40.5 Å². The minimum Gasteiger partial charge on any atom is -0.508 e. The molecule has 16 heavy (non-hydrogen) atoms. The summed E-state index contributed by atoms with van der Waals surface area (Å²) in [6, 6.07) is 9.42. The summed E-state index contributed by atoms with van der Waals surface area (Å²) in [7, 11) is 0. The highest BCUT2D eigenvalue weighted by molar-refractivity contribution is 6.34. The van der Waals surface area contributed by atoms with Crippen molar-refractivity contribution in [1.82, 2.24) is 0 Å². The highest BCUT2D eigenvalue weighted by atomic mass is 35.5. The third-order valence-corrected chi connectivity index (χ3v) is 2.84. The van der Waals surface area contributed by atoms with E-state index in [9.17, 15) is 10.2 Å². The number of phenols is 2. The normalized spacial score (nSPS) is 10.4. The maximum absolute atomic E-state index is 9.38. The van der Waals surface area contributed by atoms with Crippen LogP contribution in [0.1, 0.15) is 0 Å². The fourth-order valence-corrected chi connectivity index (χ4v) is 1.82. The van der Waals surface area contributed by atoms with Gasteiger partial charge in [0.2, 0.25) is 0 Å². The second-order valence-electron chi connectivity index (χ2n) is 3.33. The molecule has 0 saturated heterocycles. The van der Waals surface area contributed by atoms with Crippen molar-refractivity contribution in [3.8, 4) is 22.6 Å². The van der Waals surface area contributed by atoms with E-state index in [2.05, 4.69) is 0 Å². The Morgan fingerprint density at radius 3 is 2.25 bits per heavy atom. The first kappa shape index (κ1) is 11.1. The van der Waals surface area contributed by atoms with E-state index in [1.807, 2.05) is 0 Å². The molecule has 2 N–H and O–H groups in total. The summed E-state index contributed by atoms with van der Waals surface area (Å²) < 4.78 is 0. The quantitative estimate of drug-likeness (QED) is 0.806. The maximum Gasteiger partial charge on any atom is 0.134 e. The summed E-state index contributed by atoms with van der Waals surface area (Å²) in [5, 5.41) is 19.4. The Bertz CT molecular complexity index is 539. The lowest BCUT2D eigenvalue weighted by Gasteiger charge is -2.06. The molecule has 0 unspecified atom stereocenters. The number of rotatable bonds is 1. The monoisotopic (exact) mass is 254 g/mol. The van der Waals surface area contributed by atoms with Crippen molar-refractivity contribution in [2.75, 3.05) is 0 Å². The van der Waals surface area contributed by atoms with Crippen LogP contribution in [-0.2, 0) is 0 Å². The molecule has 2 aromatic rings. The minimum atomic E-state index is 0.0155. The van der Waals surface area contributed by atoms with Gasteiger partial charge in [0.1, 0.15) is 11.5 Å². The van der Waals surface area contributed by atoms with Gasteiger partial charge >= 0.3 is 0 Å². The van der Waals surface area contributed by atoms with Crippen LogP contribution in [0.15, 0.2) is 36.4 Å². The van der Waals surface area contributed by atoms with Crippen LogP contribution < -0.4 is 0 Å². The molecule has 0 bridgehead atoms. The number of halogens is 2. The molecule has 0 saturated carbocycles.